The van der Waals surface area contributed by atoms with Crippen LogP contribution in [0.25, 0.3) is 0 Å². The van der Waals surface area contributed by atoms with Gasteiger partial charge in [0.25, 0.3) is 0 Å². The molecular weight excluding hydrogens is 270 g/mol. The van der Waals surface area contributed by atoms with E-state index < -0.39 is 18.1 Å². The van der Waals surface area contributed by atoms with Gasteiger partial charge in [-0.15, -0.1) is 0 Å². The van der Waals surface area contributed by atoms with E-state index in [2.05, 4.69) is 5.32 Å². The highest BCUT2D eigenvalue weighted by molar-refractivity contribution is 5.87. The summed E-state index contributed by atoms with van der Waals surface area (Å²) >= 11 is 0. The molecule has 0 saturated carbocycles. The fourth-order valence-electron chi connectivity index (χ4n) is 2.40. The Morgan fingerprint density at radius 3 is 2.76 bits per heavy atom. The molecule has 1 heterocycles. The number of carbonyl (C=O) groups excluding carboxylic acids is 2. The summed E-state index contributed by atoms with van der Waals surface area (Å²) in [6.45, 7) is 0.602. The number of carbonyl (C=O) groups is 2. The third-order valence-corrected chi connectivity index (χ3v) is 3.59. The molecule has 0 aliphatic carbocycles. The fraction of sp³-hybridized carbons (Fsp3) is 0.500. The van der Waals surface area contributed by atoms with Crippen LogP contribution in [-0.2, 0) is 25.5 Å². The normalized spacial score (nSPS) is 19.0. The molecule has 114 valence electrons. The summed E-state index contributed by atoms with van der Waals surface area (Å²) < 4.78 is 10.1. The molecule has 1 fully saturated rings. The van der Waals surface area contributed by atoms with Crippen LogP contribution in [0, 0.1) is 0 Å². The van der Waals surface area contributed by atoms with E-state index in [0.29, 0.717) is 25.9 Å². The second-order valence-electron chi connectivity index (χ2n) is 5.11. The van der Waals surface area contributed by atoms with Gasteiger partial charge in [-0.25, -0.2) is 4.79 Å². The third kappa shape index (κ3) is 4.56. The zero-order valence-electron chi connectivity index (χ0n) is 12.2. The summed E-state index contributed by atoms with van der Waals surface area (Å²) in [5.41, 5.74) is 1.12. The van der Waals surface area contributed by atoms with Crippen molar-refractivity contribution in [3.63, 3.8) is 0 Å². The van der Waals surface area contributed by atoms with Gasteiger partial charge in [-0.1, -0.05) is 30.3 Å². The lowest BCUT2D eigenvalue weighted by Crippen LogP contribution is -2.46. The number of methoxy groups -OCH3 is 1. The Labute approximate surface area is 124 Å². The van der Waals surface area contributed by atoms with E-state index in [1.165, 1.54) is 7.11 Å². The minimum atomic E-state index is -0.632. The monoisotopic (exact) mass is 291 g/mol. The Balaban J connectivity index is 1.91. The number of aryl methyl sites for hydroxylation is 1. The van der Waals surface area contributed by atoms with Crippen molar-refractivity contribution in [2.24, 2.45) is 0 Å². The van der Waals surface area contributed by atoms with Crippen molar-refractivity contribution in [2.75, 3.05) is 13.7 Å². The molecule has 1 N–H and O–H groups in total. The highest BCUT2D eigenvalue weighted by Crippen LogP contribution is 2.13. The van der Waals surface area contributed by atoms with Gasteiger partial charge in [-0.3, -0.25) is 4.79 Å². The molecule has 0 bridgehead atoms. The van der Waals surface area contributed by atoms with E-state index in [1.54, 1.807) is 0 Å². The predicted octanol–water partition coefficient (Wildman–Crippen LogP) is 1.46. The molecule has 1 saturated heterocycles. The summed E-state index contributed by atoms with van der Waals surface area (Å²) in [5, 5.41) is 2.74. The molecule has 0 aromatic heterocycles. The standard InChI is InChI=1S/C16H21NO4/c1-20-16(19)13(10-9-12-6-3-2-4-7-12)17-15(18)14-8-5-11-21-14/h2-4,6-7,13-14H,5,8-11H2,1H3,(H,17,18)/t13-,14-/m0/s1. The Morgan fingerprint density at radius 1 is 1.38 bits per heavy atom. The van der Waals surface area contributed by atoms with Crippen LogP contribution in [0.4, 0.5) is 0 Å². The predicted molar refractivity (Wildman–Crippen MR) is 77.7 cm³/mol. The quantitative estimate of drug-likeness (QED) is 0.806. The Morgan fingerprint density at radius 2 is 2.14 bits per heavy atom. The van der Waals surface area contributed by atoms with E-state index in [-0.39, 0.29) is 5.91 Å². The molecule has 1 aromatic carbocycles. The molecule has 21 heavy (non-hydrogen) atoms. The summed E-state index contributed by atoms with van der Waals surface area (Å²) in [6.07, 6.45) is 2.36. The van der Waals surface area contributed by atoms with Crippen LogP contribution in [0.15, 0.2) is 30.3 Å². The molecule has 2 atom stereocenters. The second-order valence-corrected chi connectivity index (χ2v) is 5.11. The summed E-state index contributed by atoms with van der Waals surface area (Å²) in [4.78, 5) is 23.8. The lowest BCUT2D eigenvalue weighted by atomic mass is 10.0. The van der Waals surface area contributed by atoms with Gasteiger partial charge in [0.05, 0.1) is 7.11 Å². The van der Waals surface area contributed by atoms with Crippen LogP contribution in [0.3, 0.4) is 0 Å². The lowest BCUT2D eigenvalue weighted by molar-refractivity contribution is -0.146. The zero-order valence-corrected chi connectivity index (χ0v) is 12.2. The number of amides is 1. The van der Waals surface area contributed by atoms with Crippen LogP contribution in [0.5, 0.6) is 0 Å². The molecular formula is C16H21NO4. The molecule has 2 rings (SSSR count). The first-order valence-electron chi connectivity index (χ1n) is 7.24. The zero-order chi connectivity index (χ0) is 15.1. The lowest BCUT2D eigenvalue weighted by Gasteiger charge is -2.18. The largest absolute Gasteiger partial charge is 0.467 e. The maximum Gasteiger partial charge on any atom is 0.328 e. The van der Waals surface area contributed by atoms with E-state index in [1.807, 2.05) is 30.3 Å². The van der Waals surface area contributed by atoms with Gasteiger partial charge in [0.15, 0.2) is 0 Å². The number of hydrogen-bond acceptors (Lipinski definition) is 4. The van der Waals surface area contributed by atoms with Gasteiger partial charge in [-0.2, -0.15) is 0 Å². The smallest absolute Gasteiger partial charge is 0.328 e. The number of nitrogens with one attached hydrogen (secondary N) is 1. The van der Waals surface area contributed by atoms with E-state index >= 15 is 0 Å². The maximum absolute atomic E-state index is 12.0. The van der Waals surface area contributed by atoms with Crippen molar-refractivity contribution in [2.45, 2.75) is 37.8 Å². The molecule has 1 aliphatic rings. The number of esters is 1. The summed E-state index contributed by atoms with van der Waals surface area (Å²) in [5.74, 6) is -0.645. The van der Waals surface area contributed by atoms with Crippen molar-refractivity contribution in [3.8, 4) is 0 Å². The highest BCUT2D eigenvalue weighted by atomic mass is 16.5. The van der Waals surface area contributed by atoms with Crippen molar-refractivity contribution in [1.29, 1.82) is 0 Å². The highest BCUT2D eigenvalue weighted by Gasteiger charge is 2.28. The van der Waals surface area contributed by atoms with E-state index in [0.717, 1.165) is 12.0 Å². The van der Waals surface area contributed by atoms with Crippen LogP contribution < -0.4 is 5.32 Å². The van der Waals surface area contributed by atoms with Gasteiger partial charge in [0.1, 0.15) is 12.1 Å². The van der Waals surface area contributed by atoms with Gasteiger partial charge >= 0.3 is 5.97 Å². The van der Waals surface area contributed by atoms with E-state index in [4.69, 9.17) is 9.47 Å². The van der Waals surface area contributed by atoms with Gasteiger partial charge in [0.2, 0.25) is 5.91 Å². The average molecular weight is 291 g/mol. The van der Waals surface area contributed by atoms with E-state index in [9.17, 15) is 9.59 Å². The van der Waals surface area contributed by atoms with Gasteiger partial charge in [-0.05, 0) is 31.2 Å². The molecule has 1 amide bonds. The molecule has 5 heteroatoms. The minimum Gasteiger partial charge on any atom is -0.467 e. The first-order valence-corrected chi connectivity index (χ1v) is 7.24. The molecule has 1 aromatic rings. The first-order chi connectivity index (χ1) is 10.2. The fourth-order valence-corrected chi connectivity index (χ4v) is 2.40. The Kier molecular flexibility index (Phi) is 5.75. The number of benzene rings is 1. The van der Waals surface area contributed by atoms with Crippen LogP contribution in [0.1, 0.15) is 24.8 Å². The molecule has 1 aliphatic heterocycles. The van der Waals surface area contributed by atoms with Crippen LogP contribution in [-0.4, -0.2) is 37.7 Å². The number of ether oxygens (including phenoxy) is 2. The van der Waals surface area contributed by atoms with Crippen molar-refractivity contribution < 1.29 is 19.1 Å². The Bertz CT molecular complexity index is 468. The third-order valence-electron chi connectivity index (χ3n) is 3.59. The number of rotatable bonds is 6. The number of hydrogen-bond donors (Lipinski definition) is 1. The van der Waals surface area contributed by atoms with Gasteiger partial charge in [0, 0.05) is 6.61 Å². The molecule has 0 spiro atoms. The van der Waals surface area contributed by atoms with Crippen molar-refractivity contribution in [3.05, 3.63) is 35.9 Å². The maximum atomic E-state index is 12.0. The minimum absolute atomic E-state index is 0.226. The first kappa shape index (κ1) is 15.5. The molecule has 0 unspecified atom stereocenters. The van der Waals surface area contributed by atoms with Crippen LogP contribution >= 0.6 is 0 Å². The van der Waals surface area contributed by atoms with Crippen molar-refractivity contribution in [1.82, 2.24) is 5.32 Å². The molecule has 0 radical (unpaired) electrons. The summed E-state index contributed by atoms with van der Waals surface area (Å²) in [7, 11) is 1.33. The van der Waals surface area contributed by atoms with Gasteiger partial charge < -0.3 is 14.8 Å². The second kappa shape index (κ2) is 7.78. The van der Waals surface area contributed by atoms with Crippen LogP contribution in [0.2, 0.25) is 0 Å². The topological polar surface area (TPSA) is 64.6 Å². The average Bonchev–Trinajstić information content (AvgIpc) is 3.06. The molecule has 5 nitrogen and oxygen atoms in total. The SMILES string of the molecule is COC(=O)[C@H](CCc1ccccc1)NC(=O)[C@@H]1CCCO1. The Hall–Kier alpha value is -1.88. The summed E-state index contributed by atoms with van der Waals surface area (Å²) in [6, 6.07) is 9.21. The van der Waals surface area contributed by atoms with Crippen molar-refractivity contribution >= 4 is 11.9 Å².